The molecule has 3 unspecified atom stereocenters. The maximum Gasteiger partial charge on any atom is 0.207 e. The summed E-state index contributed by atoms with van der Waals surface area (Å²) in [5, 5.41) is 16.8. The van der Waals surface area contributed by atoms with E-state index in [1.54, 1.807) is 6.92 Å². The molecule has 2 fully saturated rings. The van der Waals surface area contributed by atoms with Crippen molar-refractivity contribution in [3.63, 3.8) is 0 Å². The number of hydrogen-bond acceptors (Lipinski definition) is 8. The van der Waals surface area contributed by atoms with Crippen LogP contribution < -0.4 is 5.32 Å². The predicted octanol–water partition coefficient (Wildman–Crippen LogP) is 2.86. The largest absolute Gasteiger partial charge is 0.394 e. The zero-order valence-electron chi connectivity index (χ0n) is 16.0. The molecule has 160 valence electrons. The number of anilines is 1. The van der Waals surface area contributed by atoms with Crippen LogP contribution in [0.15, 0.2) is 10.6 Å². The van der Waals surface area contributed by atoms with Crippen LogP contribution >= 0.6 is 0 Å². The summed E-state index contributed by atoms with van der Waals surface area (Å²) in [5.74, 6) is -2.10. The summed E-state index contributed by atoms with van der Waals surface area (Å²) in [6, 6.07) is 0.816. The molecule has 2 saturated heterocycles. The van der Waals surface area contributed by atoms with Crippen LogP contribution in [0.3, 0.4) is 0 Å². The minimum atomic E-state index is -1.17. The Balaban J connectivity index is 1.56. The molecule has 0 bridgehead atoms. The van der Waals surface area contributed by atoms with Crippen molar-refractivity contribution >= 4 is 16.8 Å². The normalized spacial score (nSPS) is 22.8. The lowest BCUT2D eigenvalue weighted by Gasteiger charge is -2.30. The van der Waals surface area contributed by atoms with Gasteiger partial charge in [0.05, 0.1) is 37.4 Å². The molecule has 0 spiro atoms. The Morgan fingerprint density at radius 2 is 2.00 bits per heavy atom. The Morgan fingerprint density at radius 3 is 2.69 bits per heavy atom. The summed E-state index contributed by atoms with van der Waals surface area (Å²) in [7, 11) is 0. The lowest BCUT2D eigenvalue weighted by atomic mass is 10.1. The molecule has 3 atom stereocenters. The third-order valence-corrected chi connectivity index (χ3v) is 5.14. The molecule has 1 aromatic heterocycles. The Kier molecular flexibility index (Phi) is 6.26. The molecule has 3 heterocycles. The summed E-state index contributed by atoms with van der Waals surface area (Å²) >= 11 is 0. The first-order valence-electron chi connectivity index (χ1n) is 9.73. The highest BCUT2D eigenvalue weighted by Gasteiger charge is 2.30. The van der Waals surface area contributed by atoms with E-state index in [0.29, 0.717) is 19.8 Å². The number of halogens is 2. The molecule has 0 saturated carbocycles. The summed E-state index contributed by atoms with van der Waals surface area (Å²) < 4.78 is 55.9. The van der Waals surface area contributed by atoms with Gasteiger partial charge in [-0.3, -0.25) is 0 Å². The number of hydrogen-bond donors (Lipinski definition) is 2. The molecule has 10 heteroatoms. The maximum atomic E-state index is 14.5. The maximum absolute atomic E-state index is 14.5. The zero-order chi connectivity index (χ0) is 20.4. The van der Waals surface area contributed by atoms with E-state index < -0.39 is 30.1 Å². The molecule has 2 aliphatic rings. The molecule has 8 nitrogen and oxygen atoms in total. The SMILES string of the molecule is CC(OC1CCCCO1)C(CO)Nc1noc2c(F)c(F)c(C3OCCO3)cc12. The Bertz CT molecular complexity index is 836. The Hall–Kier alpha value is -1.85. The number of aliphatic hydroxyl groups is 1. The van der Waals surface area contributed by atoms with Gasteiger partial charge in [0.25, 0.3) is 0 Å². The molecule has 2 aromatic rings. The number of aliphatic hydroxyl groups excluding tert-OH is 1. The van der Waals surface area contributed by atoms with E-state index in [1.807, 2.05) is 0 Å². The molecule has 1 aromatic carbocycles. The topological polar surface area (TPSA) is 95.2 Å². The van der Waals surface area contributed by atoms with Gasteiger partial charge in [0, 0.05) is 12.2 Å². The van der Waals surface area contributed by atoms with Crippen molar-refractivity contribution in [2.45, 2.75) is 50.9 Å². The molecule has 2 N–H and O–H groups in total. The number of nitrogens with one attached hydrogen (secondary N) is 1. The fraction of sp³-hybridized carbons (Fsp3) is 0.632. The van der Waals surface area contributed by atoms with Crippen LogP contribution in [0.2, 0.25) is 0 Å². The third-order valence-electron chi connectivity index (χ3n) is 5.14. The van der Waals surface area contributed by atoms with Crippen molar-refractivity contribution in [2.75, 3.05) is 31.7 Å². The van der Waals surface area contributed by atoms with Gasteiger partial charge in [0.2, 0.25) is 11.4 Å². The van der Waals surface area contributed by atoms with Crippen LogP contribution in [-0.4, -0.2) is 55.1 Å². The first-order chi connectivity index (χ1) is 14.1. The van der Waals surface area contributed by atoms with E-state index in [1.165, 1.54) is 6.07 Å². The highest BCUT2D eigenvalue weighted by molar-refractivity contribution is 5.89. The first-order valence-corrected chi connectivity index (χ1v) is 9.73. The first kappa shape index (κ1) is 20.4. The van der Waals surface area contributed by atoms with Crippen LogP contribution in [0.1, 0.15) is 38.0 Å². The Labute approximate surface area is 166 Å². The van der Waals surface area contributed by atoms with Gasteiger partial charge in [-0.05, 0) is 32.3 Å². The lowest BCUT2D eigenvalue weighted by Crippen LogP contribution is -2.40. The number of benzene rings is 1. The van der Waals surface area contributed by atoms with Gasteiger partial charge in [0.15, 0.2) is 24.2 Å². The fourth-order valence-corrected chi connectivity index (χ4v) is 3.49. The molecule has 29 heavy (non-hydrogen) atoms. The molecule has 4 rings (SSSR count). The monoisotopic (exact) mass is 414 g/mol. The van der Waals surface area contributed by atoms with E-state index in [4.69, 9.17) is 23.5 Å². The minimum absolute atomic E-state index is 0.0702. The molecule has 0 aliphatic carbocycles. The van der Waals surface area contributed by atoms with Crippen LogP contribution in [0.4, 0.5) is 14.6 Å². The summed E-state index contributed by atoms with van der Waals surface area (Å²) in [4.78, 5) is 0. The van der Waals surface area contributed by atoms with E-state index in [2.05, 4.69) is 10.5 Å². The van der Waals surface area contributed by atoms with Crippen LogP contribution in [0, 0.1) is 11.6 Å². The molecule has 0 radical (unpaired) electrons. The highest BCUT2D eigenvalue weighted by atomic mass is 19.2. The summed E-state index contributed by atoms with van der Waals surface area (Å²) in [6.45, 7) is 2.75. The third kappa shape index (κ3) is 4.22. The quantitative estimate of drug-likeness (QED) is 0.714. The van der Waals surface area contributed by atoms with Gasteiger partial charge in [-0.25, -0.2) is 4.39 Å². The highest BCUT2D eigenvalue weighted by Crippen LogP contribution is 2.35. The zero-order valence-corrected chi connectivity index (χ0v) is 16.0. The number of nitrogens with zero attached hydrogens (tertiary/aromatic N) is 1. The molecular formula is C19H24F2N2O6. The predicted molar refractivity (Wildman–Crippen MR) is 97.2 cm³/mol. The van der Waals surface area contributed by atoms with E-state index in [0.717, 1.165) is 19.3 Å². The van der Waals surface area contributed by atoms with Gasteiger partial charge < -0.3 is 33.9 Å². The van der Waals surface area contributed by atoms with E-state index in [-0.39, 0.29) is 35.2 Å². The number of aromatic nitrogens is 1. The van der Waals surface area contributed by atoms with Crippen molar-refractivity contribution < 1.29 is 37.4 Å². The van der Waals surface area contributed by atoms with Crippen LogP contribution in [0.25, 0.3) is 11.0 Å². The summed E-state index contributed by atoms with van der Waals surface area (Å²) in [6.07, 6.45) is 1.04. The standard InChI is InChI=1S/C19H24F2N2O6/c1-10(28-14-4-2-3-5-25-14)13(9-24)22-18-12-8-11(19-26-6-7-27-19)15(20)16(21)17(12)29-23-18/h8,10,13-14,19,24H,2-7,9H2,1H3,(H,22,23). The number of ether oxygens (including phenoxy) is 4. The van der Waals surface area contributed by atoms with Crippen molar-refractivity contribution in [2.24, 2.45) is 0 Å². The van der Waals surface area contributed by atoms with Crippen LogP contribution in [0.5, 0.6) is 0 Å². The second-order valence-corrected chi connectivity index (χ2v) is 7.15. The molecular weight excluding hydrogens is 390 g/mol. The fourth-order valence-electron chi connectivity index (χ4n) is 3.49. The average molecular weight is 414 g/mol. The van der Waals surface area contributed by atoms with Crippen molar-refractivity contribution in [3.05, 3.63) is 23.3 Å². The van der Waals surface area contributed by atoms with Crippen LogP contribution in [-0.2, 0) is 18.9 Å². The minimum Gasteiger partial charge on any atom is -0.394 e. The second-order valence-electron chi connectivity index (χ2n) is 7.15. The van der Waals surface area contributed by atoms with Gasteiger partial charge in [-0.2, -0.15) is 4.39 Å². The average Bonchev–Trinajstić information content (AvgIpc) is 3.39. The van der Waals surface area contributed by atoms with Crippen molar-refractivity contribution in [3.8, 4) is 0 Å². The number of fused-ring (bicyclic) bond motifs is 1. The lowest BCUT2D eigenvalue weighted by molar-refractivity contribution is -0.188. The van der Waals surface area contributed by atoms with Gasteiger partial charge in [-0.15, -0.1) is 0 Å². The second kappa shape index (κ2) is 8.88. The van der Waals surface area contributed by atoms with Crippen molar-refractivity contribution in [1.82, 2.24) is 5.16 Å². The molecule has 2 aliphatic heterocycles. The molecule has 0 amide bonds. The van der Waals surface area contributed by atoms with Gasteiger partial charge >= 0.3 is 0 Å². The van der Waals surface area contributed by atoms with E-state index in [9.17, 15) is 13.9 Å². The summed E-state index contributed by atoms with van der Waals surface area (Å²) in [5.41, 5.74) is -0.396. The van der Waals surface area contributed by atoms with Gasteiger partial charge in [0.1, 0.15) is 0 Å². The smallest absolute Gasteiger partial charge is 0.207 e. The van der Waals surface area contributed by atoms with E-state index >= 15 is 0 Å². The Morgan fingerprint density at radius 1 is 1.21 bits per heavy atom. The number of rotatable bonds is 7. The van der Waals surface area contributed by atoms with Gasteiger partial charge in [-0.1, -0.05) is 5.16 Å². The van der Waals surface area contributed by atoms with Crippen molar-refractivity contribution in [1.29, 1.82) is 0 Å².